The minimum Gasteiger partial charge on any atom is -0.410 e. The second kappa shape index (κ2) is 22.2. The van der Waals surface area contributed by atoms with E-state index in [9.17, 15) is 9.13 Å². The Hall–Kier alpha value is -0.760. The molecular weight excluding hydrogens is 506 g/mol. The van der Waals surface area contributed by atoms with E-state index in [1.165, 1.54) is 77.0 Å². The number of unbranched alkanes of at least 4 members (excludes halogenated alkanes) is 19. The molecule has 0 aromatic rings. The van der Waals surface area contributed by atoms with Crippen LogP contribution in [-0.2, 0) is 9.13 Å². The Morgan fingerprint density at radius 3 is 0.694 bits per heavy atom. The zero-order chi connectivity index (χ0) is 27.1. The molecule has 0 fully saturated rings. The summed E-state index contributed by atoms with van der Waals surface area (Å²) in [5, 5.41) is 22.7. The highest BCUT2D eigenvalue weighted by atomic mass is 31.2. The van der Waals surface area contributed by atoms with Gasteiger partial charge in [-0.05, 0) is 12.8 Å². The van der Waals surface area contributed by atoms with Crippen LogP contribution in [0.1, 0.15) is 141 Å². The molecule has 0 rings (SSSR count). The molecule has 6 N–H and O–H groups in total. The Morgan fingerprint density at radius 1 is 0.389 bits per heavy atom. The summed E-state index contributed by atoms with van der Waals surface area (Å²) in [6.07, 6.45) is 22.9. The second-order valence-corrected chi connectivity index (χ2v) is 12.9. The lowest BCUT2D eigenvalue weighted by Crippen LogP contribution is -1.99. The van der Waals surface area contributed by atoms with E-state index >= 15 is 0 Å². The fourth-order valence-electron chi connectivity index (χ4n) is 4.26. The molecule has 0 amide bonds. The van der Waals surface area contributed by atoms with Crippen LogP contribution in [-0.4, -0.2) is 40.9 Å². The number of oxime groups is 2. The number of hydrogen-bond acceptors (Lipinski definition) is 6. The largest absolute Gasteiger partial charge is 0.410 e. The Kier molecular flexibility index (Phi) is 21.8. The first kappa shape index (κ1) is 35.2. The molecule has 214 valence electrons. The molecule has 12 heteroatoms. The molecule has 0 aliphatic heterocycles. The average Bonchev–Trinajstić information content (AvgIpc) is 2.80. The van der Waals surface area contributed by atoms with Crippen LogP contribution >= 0.6 is 15.2 Å². The summed E-state index contributed by atoms with van der Waals surface area (Å²) in [7, 11) is -8.81. The summed E-state index contributed by atoms with van der Waals surface area (Å²) in [5.41, 5.74) is -0.832. The quantitative estimate of drug-likeness (QED) is 0.0220. The second-order valence-electron chi connectivity index (χ2n) is 9.69. The van der Waals surface area contributed by atoms with E-state index in [0.717, 1.165) is 38.5 Å². The lowest BCUT2D eigenvalue weighted by atomic mass is 10.0. The SMILES string of the molecule is O=P(O)(O)C(CCCCCCCCCCCCCCCCCCCCCCC(=NO)P(=O)(O)O)=NO. The van der Waals surface area contributed by atoms with Gasteiger partial charge in [0.25, 0.3) is 0 Å². The van der Waals surface area contributed by atoms with Gasteiger partial charge in [-0.1, -0.05) is 126 Å². The van der Waals surface area contributed by atoms with Crippen molar-refractivity contribution in [1.29, 1.82) is 0 Å². The Labute approximate surface area is 217 Å². The molecule has 0 spiro atoms. The Morgan fingerprint density at radius 2 is 0.556 bits per heavy atom. The van der Waals surface area contributed by atoms with Crippen molar-refractivity contribution in [3.05, 3.63) is 0 Å². The maximum Gasteiger partial charge on any atom is 0.373 e. The van der Waals surface area contributed by atoms with Gasteiger partial charge in [0.15, 0.2) is 10.9 Å². The molecule has 0 aromatic carbocycles. The van der Waals surface area contributed by atoms with E-state index in [0.29, 0.717) is 12.8 Å². The number of rotatable bonds is 25. The first-order valence-corrected chi connectivity index (χ1v) is 16.9. The van der Waals surface area contributed by atoms with Gasteiger partial charge < -0.3 is 30.0 Å². The smallest absolute Gasteiger partial charge is 0.373 e. The highest BCUT2D eigenvalue weighted by Crippen LogP contribution is 2.39. The summed E-state index contributed by atoms with van der Waals surface area (Å²) >= 11 is 0. The van der Waals surface area contributed by atoms with Crippen molar-refractivity contribution in [2.75, 3.05) is 0 Å². The van der Waals surface area contributed by atoms with E-state index < -0.39 is 26.1 Å². The van der Waals surface area contributed by atoms with Gasteiger partial charge in [0.2, 0.25) is 0 Å². The van der Waals surface area contributed by atoms with Crippen molar-refractivity contribution < 1.29 is 39.1 Å². The lowest BCUT2D eigenvalue weighted by Gasteiger charge is -2.06. The van der Waals surface area contributed by atoms with Gasteiger partial charge in [-0.3, -0.25) is 9.13 Å². The molecule has 0 aromatic heterocycles. The highest BCUT2D eigenvalue weighted by molar-refractivity contribution is 7.70. The first-order chi connectivity index (χ1) is 17.1. The third-order valence-electron chi connectivity index (χ3n) is 6.45. The summed E-state index contributed by atoms with van der Waals surface area (Å²) < 4.78 is 22.0. The van der Waals surface area contributed by atoms with Crippen LogP contribution in [0.5, 0.6) is 0 Å². The van der Waals surface area contributed by atoms with Crippen LogP contribution in [0, 0.1) is 0 Å². The number of nitrogens with zero attached hydrogens (tertiary/aromatic N) is 2. The lowest BCUT2D eigenvalue weighted by molar-refractivity contribution is 0.314. The topological polar surface area (TPSA) is 180 Å². The van der Waals surface area contributed by atoms with Crippen molar-refractivity contribution in [2.45, 2.75) is 141 Å². The maximum absolute atomic E-state index is 11.0. The minimum atomic E-state index is -4.40. The first-order valence-electron chi connectivity index (χ1n) is 13.7. The third-order valence-corrected chi connectivity index (χ3v) is 8.43. The van der Waals surface area contributed by atoms with Gasteiger partial charge in [0, 0.05) is 12.8 Å². The van der Waals surface area contributed by atoms with E-state index in [2.05, 4.69) is 10.3 Å². The summed E-state index contributed by atoms with van der Waals surface area (Å²) in [4.78, 5) is 35.9. The molecule has 0 atom stereocenters. The van der Waals surface area contributed by atoms with Crippen LogP contribution in [0.2, 0.25) is 0 Å². The fraction of sp³-hybridized carbons (Fsp3) is 0.917. The molecule has 0 bridgehead atoms. The Balaban J connectivity index is 3.29. The van der Waals surface area contributed by atoms with Gasteiger partial charge >= 0.3 is 15.2 Å². The zero-order valence-electron chi connectivity index (χ0n) is 21.8. The van der Waals surface area contributed by atoms with Gasteiger partial charge in [-0.25, -0.2) is 0 Å². The minimum absolute atomic E-state index is 0.149. The molecule has 0 aliphatic carbocycles. The predicted octanol–water partition coefficient (Wildman–Crippen LogP) is 7.50. The van der Waals surface area contributed by atoms with E-state index in [-0.39, 0.29) is 12.8 Å². The fourth-order valence-corrected chi connectivity index (χ4v) is 5.39. The summed E-state index contributed by atoms with van der Waals surface area (Å²) in [6, 6.07) is 0. The molecule has 0 saturated heterocycles. The van der Waals surface area contributed by atoms with Crippen LogP contribution in [0.25, 0.3) is 0 Å². The van der Waals surface area contributed by atoms with Crippen molar-refractivity contribution in [2.24, 2.45) is 10.3 Å². The highest BCUT2D eigenvalue weighted by Gasteiger charge is 2.23. The monoisotopic (exact) mass is 556 g/mol. The molecule has 10 nitrogen and oxygen atoms in total. The standard InChI is InChI=1S/C24H50N2O8P2/c27-25-23(35(29,30)31)21-19-17-15-13-11-9-7-5-3-1-2-4-6-8-10-12-14-16-18-20-22-24(26-28)36(32,33)34/h27-28H,1-22H2,(H2,29,30,31)(H2,32,33,34). The van der Waals surface area contributed by atoms with Gasteiger partial charge in [-0.15, -0.1) is 0 Å². The summed E-state index contributed by atoms with van der Waals surface area (Å²) in [5.74, 6) is 0. The van der Waals surface area contributed by atoms with Crippen molar-refractivity contribution >= 4 is 26.1 Å². The summed E-state index contributed by atoms with van der Waals surface area (Å²) in [6.45, 7) is 0. The molecule has 36 heavy (non-hydrogen) atoms. The number of hydrogen-bond donors (Lipinski definition) is 6. The molecule has 0 heterocycles. The third kappa shape index (κ3) is 21.3. The molecule has 0 saturated carbocycles. The van der Waals surface area contributed by atoms with Gasteiger partial charge in [0.05, 0.1) is 0 Å². The van der Waals surface area contributed by atoms with E-state index in [4.69, 9.17) is 30.0 Å². The average molecular weight is 557 g/mol. The van der Waals surface area contributed by atoms with Crippen LogP contribution in [0.15, 0.2) is 10.3 Å². The van der Waals surface area contributed by atoms with Crippen LogP contribution in [0.3, 0.4) is 0 Å². The molecular formula is C24H50N2O8P2. The maximum atomic E-state index is 11.0. The van der Waals surface area contributed by atoms with E-state index in [1.54, 1.807) is 0 Å². The molecule has 0 radical (unpaired) electrons. The van der Waals surface area contributed by atoms with Crippen LogP contribution in [0.4, 0.5) is 0 Å². The predicted molar refractivity (Wildman–Crippen MR) is 144 cm³/mol. The van der Waals surface area contributed by atoms with Crippen molar-refractivity contribution in [3.63, 3.8) is 0 Å². The Bertz CT molecular complexity index is 634. The molecule has 0 unspecified atom stereocenters. The molecule has 0 aliphatic rings. The van der Waals surface area contributed by atoms with Crippen molar-refractivity contribution in [3.8, 4) is 0 Å². The zero-order valence-corrected chi connectivity index (χ0v) is 23.6. The van der Waals surface area contributed by atoms with Crippen molar-refractivity contribution in [1.82, 2.24) is 0 Å². The normalized spacial score (nSPS) is 13.4. The van der Waals surface area contributed by atoms with E-state index in [1.807, 2.05) is 0 Å². The van der Waals surface area contributed by atoms with Gasteiger partial charge in [-0.2, -0.15) is 0 Å². The van der Waals surface area contributed by atoms with Crippen LogP contribution < -0.4 is 0 Å². The van der Waals surface area contributed by atoms with Gasteiger partial charge in [0.1, 0.15) is 0 Å².